The topological polar surface area (TPSA) is 116 Å². The van der Waals surface area contributed by atoms with Crippen molar-refractivity contribution in [2.45, 2.75) is 55.9 Å². The lowest BCUT2D eigenvalue weighted by atomic mass is 9.76. The first-order chi connectivity index (χ1) is 20.1. The molecule has 1 aromatic heterocycles. The lowest BCUT2D eigenvalue weighted by Gasteiger charge is -2.30. The van der Waals surface area contributed by atoms with Gasteiger partial charge < -0.3 is 14.6 Å². The molecule has 0 spiro atoms. The lowest BCUT2D eigenvalue weighted by Crippen LogP contribution is -2.42. The number of hydrogen-bond acceptors (Lipinski definition) is 7. The summed E-state index contributed by atoms with van der Waals surface area (Å²) in [5, 5.41) is 12.4. The quantitative estimate of drug-likeness (QED) is 0.402. The molecular formula is C31H32F2N4O4S. The van der Waals surface area contributed by atoms with E-state index in [-0.39, 0.29) is 34.4 Å². The van der Waals surface area contributed by atoms with E-state index in [1.807, 2.05) is 17.0 Å². The Balaban J connectivity index is 1.37. The Morgan fingerprint density at radius 3 is 2.36 bits per heavy atom. The maximum atomic E-state index is 15.7. The molecule has 3 aliphatic rings. The highest BCUT2D eigenvalue weighted by molar-refractivity contribution is 7.91. The van der Waals surface area contributed by atoms with Crippen LogP contribution in [0.15, 0.2) is 59.0 Å². The molecule has 3 aromatic rings. The van der Waals surface area contributed by atoms with Crippen molar-refractivity contribution < 1.29 is 26.4 Å². The Bertz CT molecular complexity index is 1600. The summed E-state index contributed by atoms with van der Waals surface area (Å²) in [6, 6.07) is 16.8. The number of sulfone groups is 1. The number of anilines is 1. The first kappa shape index (κ1) is 28.3. The molecule has 3 fully saturated rings. The average Bonchev–Trinajstić information content (AvgIpc) is 3.63. The molecule has 1 aliphatic heterocycles. The van der Waals surface area contributed by atoms with Crippen LogP contribution in [0.3, 0.4) is 0 Å². The number of rotatable bonds is 7. The smallest absolute Gasteiger partial charge is 0.347 e. The minimum absolute atomic E-state index is 0.0817. The summed E-state index contributed by atoms with van der Waals surface area (Å²) in [5.74, 6) is -5.10. The van der Waals surface area contributed by atoms with Crippen molar-refractivity contribution in [3.8, 4) is 17.3 Å². The van der Waals surface area contributed by atoms with Gasteiger partial charge in [0.25, 0.3) is 5.89 Å². The molecule has 1 saturated heterocycles. The van der Waals surface area contributed by atoms with Crippen molar-refractivity contribution in [3.05, 3.63) is 71.8 Å². The third-order valence-electron chi connectivity index (χ3n) is 8.67. The molecule has 42 heavy (non-hydrogen) atoms. The molecule has 2 atom stereocenters. The van der Waals surface area contributed by atoms with E-state index in [0.717, 1.165) is 18.5 Å². The fourth-order valence-electron chi connectivity index (χ4n) is 5.97. The zero-order valence-corrected chi connectivity index (χ0v) is 23.9. The molecule has 11 heteroatoms. The molecular weight excluding hydrogens is 562 g/mol. The number of nitriles is 1. The van der Waals surface area contributed by atoms with Gasteiger partial charge in [-0.15, -0.1) is 0 Å². The number of carbonyl (C=O) groups excluding carboxylic acids is 1. The van der Waals surface area contributed by atoms with E-state index in [2.05, 4.69) is 16.4 Å². The summed E-state index contributed by atoms with van der Waals surface area (Å²) in [5.41, 5.74) is 0.576. The summed E-state index contributed by atoms with van der Waals surface area (Å²) in [7, 11) is -3.03. The molecule has 2 heterocycles. The fourth-order valence-corrected chi connectivity index (χ4v) is 7.17. The maximum Gasteiger partial charge on any atom is 0.347 e. The molecule has 0 unspecified atom stereocenters. The van der Waals surface area contributed by atoms with Crippen LogP contribution in [0.2, 0.25) is 0 Å². The van der Waals surface area contributed by atoms with Crippen LogP contribution in [0.5, 0.6) is 0 Å². The van der Waals surface area contributed by atoms with Gasteiger partial charge in [0.2, 0.25) is 5.91 Å². The van der Waals surface area contributed by atoms with Crippen LogP contribution in [0.1, 0.15) is 61.7 Å². The van der Waals surface area contributed by atoms with Crippen molar-refractivity contribution in [2.75, 3.05) is 29.5 Å². The molecule has 1 amide bonds. The van der Waals surface area contributed by atoms with Gasteiger partial charge in [0, 0.05) is 41.7 Å². The molecule has 0 bridgehead atoms. The fraction of sp³-hybridized carbons (Fsp3) is 0.452. The Kier molecular flexibility index (Phi) is 7.29. The Morgan fingerprint density at radius 1 is 1.05 bits per heavy atom. The van der Waals surface area contributed by atoms with Crippen LogP contribution < -0.4 is 10.2 Å². The van der Waals surface area contributed by atoms with E-state index in [0.29, 0.717) is 44.3 Å². The summed E-state index contributed by atoms with van der Waals surface area (Å²) in [4.78, 5) is 19.8. The van der Waals surface area contributed by atoms with Gasteiger partial charge in [0.15, 0.2) is 9.84 Å². The van der Waals surface area contributed by atoms with Crippen LogP contribution in [0, 0.1) is 17.2 Å². The van der Waals surface area contributed by atoms with Gasteiger partial charge in [0.1, 0.15) is 17.0 Å². The van der Waals surface area contributed by atoms with Crippen LogP contribution in [0.4, 0.5) is 14.5 Å². The van der Waals surface area contributed by atoms with Crippen molar-refractivity contribution in [1.29, 1.82) is 5.26 Å². The summed E-state index contributed by atoms with van der Waals surface area (Å²) >= 11 is 0. The SMILES string of the molecule is N#CC1(NC(=O)[C@@H]2CCCC[C@H]2c2oc(C(F)(F)c3ccccc3)nc2-c2ccc(N3CCS(=O)(=O)CC3)cc2)CC1. The van der Waals surface area contributed by atoms with Gasteiger partial charge in [-0.3, -0.25) is 4.79 Å². The van der Waals surface area contributed by atoms with E-state index in [1.54, 1.807) is 18.2 Å². The van der Waals surface area contributed by atoms with Crippen molar-refractivity contribution in [3.63, 3.8) is 0 Å². The number of oxazole rings is 1. The second-order valence-electron chi connectivity index (χ2n) is 11.5. The first-order valence-electron chi connectivity index (χ1n) is 14.3. The van der Waals surface area contributed by atoms with E-state index < -0.39 is 39.0 Å². The number of carbonyl (C=O) groups is 1. The molecule has 1 N–H and O–H groups in total. The predicted octanol–water partition coefficient (Wildman–Crippen LogP) is 5.16. The number of alkyl halides is 2. The highest BCUT2D eigenvalue weighted by Gasteiger charge is 2.48. The zero-order valence-electron chi connectivity index (χ0n) is 23.1. The molecule has 2 saturated carbocycles. The second kappa shape index (κ2) is 10.8. The van der Waals surface area contributed by atoms with Gasteiger partial charge in [-0.2, -0.15) is 14.0 Å². The van der Waals surface area contributed by atoms with Crippen LogP contribution >= 0.6 is 0 Å². The molecule has 6 rings (SSSR count). The molecule has 2 aliphatic carbocycles. The maximum absolute atomic E-state index is 15.7. The normalized spacial score (nSPS) is 23.1. The Labute approximate surface area is 243 Å². The van der Waals surface area contributed by atoms with Gasteiger partial charge in [-0.1, -0.05) is 55.3 Å². The van der Waals surface area contributed by atoms with Crippen LogP contribution in [0.25, 0.3) is 11.3 Å². The molecule has 2 aromatic carbocycles. The largest absolute Gasteiger partial charge is 0.439 e. The summed E-state index contributed by atoms with van der Waals surface area (Å²) in [6.07, 6.45) is 3.94. The molecule has 8 nitrogen and oxygen atoms in total. The highest BCUT2D eigenvalue weighted by Crippen LogP contribution is 2.46. The predicted molar refractivity (Wildman–Crippen MR) is 153 cm³/mol. The van der Waals surface area contributed by atoms with Gasteiger partial charge in [-0.25, -0.2) is 13.4 Å². The molecule has 0 radical (unpaired) electrons. The van der Waals surface area contributed by atoms with E-state index in [9.17, 15) is 18.5 Å². The second-order valence-corrected chi connectivity index (χ2v) is 13.8. The number of benzene rings is 2. The number of aromatic nitrogens is 1. The number of amides is 1. The number of nitrogens with zero attached hydrogens (tertiary/aromatic N) is 3. The Morgan fingerprint density at radius 2 is 1.71 bits per heavy atom. The number of nitrogens with one attached hydrogen (secondary N) is 1. The average molecular weight is 595 g/mol. The van der Waals surface area contributed by atoms with Crippen LogP contribution in [-0.4, -0.2) is 49.4 Å². The van der Waals surface area contributed by atoms with Crippen LogP contribution in [-0.2, 0) is 20.6 Å². The van der Waals surface area contributed by atoms with Crippen molar-refractivity contribution in [2.24, 2.45) is 5.92 Å². The van der Waals surface area contributed by atoms with E-state index in [1.165, 1.54) is 24.3 Å². The Hall–Kier alpha value is -3.78. The summed E-state index contributed by atoms with van der Waals surface area (Å²) in [6.45, 7) is 0.765. The third kappa shape index (κ3) is 5.52. The highest BCUT2D eigenvalue weighted by atomic mass is 32.2. The molecule has 220 valence electrons. The third-order valence-corrected chi connectivity index (χ3v) is 10.3. The zero-order chi connectivity index (χ0) is 29.5. The number of halogens is 2. The lowest BCUT2D eigenvalue weighted by molar-refractivity contribution is -0.127. The van der Waals surface area contributed by atoms with E-state index in [4.69, 9.17) is 4.42 Å². The standard InChI is InChI=1S/C31H32F2N4O4S/c32-31(33,22-6-2-1-3-7-22)29-35-26(21-10-12-23(13-11-21)37-16-18-42(39,40)19-17-37)27(41-29)24-8-4-5-9-25(24)28(38)36-30(20-34)14-15-30/h1-3,6-7,10-13,24-25H,4-5,8-9,14-19H2,(H,36,38)/t24-,25-/m1/s1. The van der Waals surface area contributed by atoms with Crippen molar-refractivity contribution >= 4 is 21.4 Å². The minimum Gasteiger partial charge on any atom is -0.439 e. The van der Waals surface area contributed by atoms with Gasteiger partial charge in [-0.05, 0) is 37.8 Å². The van der Waals surface area contributed by atoms with Gasteiger partial charge >= 0.3 is 5.92 Å². The monoisotopic (exact) mass is 594 g/mol. The first-order valence-corrected chi connectivity index (χ1v) is 16.2. The van der Waals surface area contributed by atoms with E-state index >= 15 is 8.78 Å². The van der Waals surface area contributed by atoms with Gasteiger partial charge in [0.05, 0.1) is 17.6 Å². The number of hydrogen-bond donors (Lipinski definition) is 1. The minimum atomic E-state index is -3.50. The summed E-state index contributed by atoms with van der Waals surface area (Å²) < 4.78 is 61.2. The van der Waals surface area contributed by atoms with Crippen molar-refractivity contribution in [1.82, 2.24) is 10.3 Å².